The lowest BCUT2D eigenvalue weighted by Crippen LogP contribution is -2.53. The molecule has 6 rings (SSSR count). The molecule has 0 unspecified atom stereocenters. The monoisotopic (exact) mass is 496 g/mol. The molecule has 3 aromatic carbocycles. The summed E-state index contributed by atoms with van der Waals surface area (Å²) in [4.78, 5) is 30.1. The van der Waals surface area contributed by atoms with Gasteiger partial charge in [0.05, 0.1) is 6.04 Å². The molecule has 2 amide bonds. The fourth-order valence-electron chi connectivity index (χ4n) is 4.99. The molecule has 1 aromatic heterocycles. The number of carbonyl (C=O) groups is 2. The highest BCUT2D eigenvalue weighted by molar-refractivity contribution is 5.99. The average Bonchev–Trinajstić information content (AvgIpc) is 3.35. The number of aromatic nitrogens is 1. The fourth-order valence-corrected chi connectivity index (χ4v) is 4.99. The number of hydrogen-bond donors (Lipinski definition) is 4. The Balaban J connectivity index is 1.23. The van der Waals surface area contributed by atoms with E-state index in [0.29, 0.717) is 49.8 Å². The van der Waals surface area contributed by atoms with Gasteiger partial charge in [0.15, 0.2) is 11.5 Å². The molecule has 4 N–H and O–H groups in total. The molecule has 0 bridgehead atoms. The van der Waals surface area contributed by atoms with Gasteiger partial charge < -0.3 is 30.4 Å². The minimum Gasteiger partial charge on any atom is -0.486 e. The molecule has 8 heteroatoms. The summed E-state index contributed by atoms with van der Waals surface area (Å²) in [7, 11) is 0. The summed E-state index contributed by atoms with van der Waals surface area (Å²) >= 11 is 0. The molecular weight excluding hydrogens is 468 g/mol. The molecular formula is C29H28N4O4. The fraction of sp³-hybridized carbons (Fsp3) is 0.241. The highest BCUT2D eigenvalue weighted by atomic mass is 16.6. The predicted molar refractivity (Wildman–Crippen MR) is 141 cm³/mol. The van der Waals surface area contributed by atoms with Gasteiger partial charge in [-0.25, -0.2) is 0 Å². The van der Waals surface area contributed by atoms with Gasteiger partial charge in [0.2, 0.25) is 11.8 Å². The van der Waals surface area contributed by atoms with Crippen LogP contribution in [-0.4, -0.2) is 42.1 Å². The van der Waals surface area contributed by atoms with E-state index in [0.717, 1.165) is 22.0 Å². The van der Waals surface area contributed by atoms with Crippen LogP contribution in [0.15, 0.2) is 72.9 Å². The van der Waals surface area contributed by atoms with Crippen molar-refractivity contribution in [2.75, 3.05) is 18.5 Å². The van der Waals surface area contributed by atoms with Gasteiger partial charge in [0, 0.05) is 41.8 Å². The first-order valence-corrected chi connectivity index (χ1v) is 12.5. The second-order valence-electron chi connectivity index (χ2n) is 9.38. The summed E-state index contributed by atoms with van der Waals surface area (Å²) in [6.07, 6.45) is 2.82. The van der Waals surface area contributed by atoms with Crippen molar-refractivity contribution in [2.24, 2.45) is 0 Å². The van der Waals surface area contributed by atoms with Gasteiger partial charge in [0.25, 0.3) is 0 Å². The number of hydrogen-bond acceptors (Lipinski definition) is 5. The van der Waals surface area contributed by atoms with Crippen molar-refractivity contribution in [3.05, 3.63) is 89.6 Å². The third kappa shape index (κ3) is 4.88. The molecule has 8 nitrogen and oxygen atoms in total. The van der Waals surface area contributed by atoms with Gasteiger partial charge in [0.1, 0.15) is 19.3 Å². The third-order valence-corrected chi connectivity index (χ3v) is 6.94. The molecule has 0 radical (unpaired) electrons. The van der Waals surface area contributed by atoms with Crippen molar-refractivity contribution >= 4 is 28.4 Å². The van der Waals surface area contributed by atoms with Crippen LogP contribution in [0.2, 0.25) is 0 Å². The minimum absolute atomic E-state index is 0.198. The Bertz CT molecular complexity index is 1460. The van der Waals surface area contributed by atoms with Crippen LogP contribution in [0.25, 0.3) is 10.9 Å². The highest BCUT2D eigenvalue weighted by Crippen LogP contribution is 2.32. The largest absolute Gasteiger partial charge is 0.486 e. The smallest absolute Gasteiger partial charge is 0.247 e. The standard InChI is InChI=1S/C29H28N4O4/c34-28(24-13-18-5-1-2-6-19(18)16-31-24)33-25(14-20-17-30-23-8-4-3-7-22(20)23)29(35)32-21-9-10-26-27(15-21)37-12-11-36-26/h1-10,15,17,24-25,30-31H,11-14,16H2,(H,32,35)(H,33,34)/t24-,25-/m0/s1. The van der Waals surface area contributed by atoms with Gasteiger partial charge in [-0.2, -0.15) is 0 Å². The molecule has 0 aliphatic carbocycles. The number of nitrogens with one attached hydrogen (secondary N) is 4. The van der Waals surface area contributed by atoms with Crippen LogP contribution in [0.4, 0.5) is 5.69 Å². The Labute approximate surface area is 214 Å². The molecule has 0 fully saturated rings. The maximum absolute atomic E-state index is 13.5. The van der Waals surface area contributed by atoms with Crippen LogP contribution in [0.5, 0.6) is 11.5 Å². The molecule has 37 heavy (non-hydrogen) atoms. The van der Waals surface area contributed by atoms with E-state index in [1.54, 1.807) is 18.2 Å². The van der Waals surface area contributed by atoms with Gasteiger partial charge in [-0.05, 0) is 41.3 Å². The second kappa shape index (κ2) is 9.99. The number of rotatable bonds is 6. The zero-order valence-electron chi connectivity index (χ0n) is 20.3. The van der Waals surface area contributed by atoms with Crippen molar-refractivity contribution < 1.29 is 19.1 Å². The first-order chi connectivity index (χ1) is 18.1. The van der Waals surface area contributed by atoms with Gasteiger partial charge >= 0.3 is 0 Å². The van der Waals surface area contributed by atoms with E-state index in [2.05, 4.69) is 33.1 Å². The SMILES string of the molecule is O=C(N[C@@H](Cc1c[nH]c2ccccc12)C(=O)Nc1ccc2c(c1)OCCO2)[C@@H]1Cc2ccccc2CN1. The number of ether oxygens (including phenoxy) is 2. The first-order valence-electron chi connectivity index (χ1n) is 12.5. The summed E-state index contributed by atoms with van der Waals surface area (Å²) in [5, 5.41) is 10.3. The topological polar surface area (TPSA) is 104 Å². The van der Waals surface area contributed by atoms with E-state index >= 15 is 0 Å². The lowest BCUT2D eigenvalue weighted by atomic mass is 9.95. The van der Waals surface area contributed by atoms with E-state index in [4.69, 9.17) is 9.47 Å². The number of H-pyrrole nitrogens is 1. The van der Waals surface area contributed by atoms with Crippen molar-refractivity contribution in [3.63, 3.8) is 0 Å². The van der Waals surface area contributed by atoms with Crippen molar-refractivity contribution in [2.45, 2.75) is 31.5 Å². The molecule has 188 valence electrons. The molecule has 0 saturated heterocycles. The molecule has 2 aliphatic rings. The summed E-state index contributed by atoms with van der Waals surface area (Å²) in [5.41, 5.74) is 4.87. The maximum atomic E-state index is 13.5. The first kappa shape index (κ1) is 23.1. The number of aromatic amines is 1. The van der Waals surface area contributed by atoms with Crippen LogP contribution in [0.1, 0.15) is 16.7 Å². The third-order valence-electron chi connectivity index (χ3n) is 6.94. The molecule has 3 heterocycles. The van der Waals surface area contributed by atoms with E-state index in [1.807, 2.05) is 42.6 Å². The number of benzene rings is 3. The van der Waals surface area contributed by atoms with E-state index in [-0.39, 0.29) is 11.8 Å². The number of fused-ring (bicyclic) bond motifs is 3. The van der Waals surface area contributed by atoms with Crippen LogP contribution >= 0.6 is 0 Å². The Morgan fingerprint density at radius 3 is 2.62 bits per heavy atom. The summed E-state index contributed by atoms with van der Waals surface area (Å²) in [6, 6.07) is 20.1. The number of amides is 2. The number of carbonyl (C=O) groups excluding carboxylic acids is 2. The van der Waals surface area contributed by atoms with Crippen molar-refractivity contribution in [1.82, 2.24) is 15.6 Å². The average molecular weight is 497 g/mol. The minimum atomic E-state index is -0.779. The second-order valence-corrected chi connectivity index (χ2v) is 9.38. The van der Waals surface area contributed by atoms with Crippen molar-refractivity contribution in [3.8, 4) is 11.5 Å². The van der Waals surface area contributed by atoms with Crippen LogP contribution in [0.3, 0.4) is 0 Å². The summed E-state index contributed by atoms with van der Waals surface area (Å²) in [6.45, 7) is 1.57. The zero-order valence-corrected chi connectivity index (χ0v) is 20.3. The molecule has 2 aliphatic heterocycles. The molecule has 4 aromatic rings. The van der Waals surface area contributed by atoms with Crippen molar-refractivity contribution in [1.29, 1.82) is 0 Å². The van der Waals surface area contributed by atoms with Crippen LogP contribution in [-0.2, 0) is 29.0 Å². The van der Waals surface area contributed by atoms with Gasteiger partial charge in [-0.3, -0.25) is 9.59 Å². The predicted octanol–water partition coefficient (Wildman–Crippen LogP) is 3.32. The van der Waals surface area contributed by atoms with Crippen LogP contribution < -0.4 is 25.4 Å². The van der Waals surface area contributed by atoms with E-state index in [1.165, 1.54) is 5.56 Å². The Morgan fingerprint density at radius 2 is 1.73 bits per heavy atom. The van der Waals surface area contributed by atoms with E-state index < -0.39 is 12.1 Å². The van der Waals surface area contributed by atoms with Crippen LogP contribution in [0, 0.1) is 0 Å². The lowest BCUT2D eigenvalue weighted by Gasteiger charge is -2.27. The Morgan fingerprint density at radius 1 is 0.946 bits per heavy atom. The van der Waals surface area contributed by atoms with Gasteiger partial charge in [-0.1, -0.05) is 42.5 Å². The van der Waals surface area contributed by atoms with Gasteiger partial charge in [-0.15, -0.1) is 0 Å². The molecule has 2 atom stereocenters. The summed E-state index contributed by atoms with van der Waals surface area (Å²) < 4.78 is 11.2. The Hall–Kier alpha value is -4.30. The molecule has 0 spiro atoms. The highest BCUT2D eigenvalue weighted by Gasteiger charge is 2.29. The number of para-hydroxylation sites is 1. The normalized spacial score (nSPS) is 17.0. The lowest BCUT2D eigenvalue weighted by molar-refractivity contribution is -0.128. The number of anilines is 1. The zero-order chi connectivity index (χ0) is 25.2. The Kier molecular flexibility index (Phi) is 6.24. The quantitative estimate of drug-likeness (QED) is 0.328. The van der Waals surface area contributed by atoms with E-state index in [9.17, 15) is 9.59 Å². The molecule has 0 saturated carbocycles. The summed E-state index contributed by atoms with van der Waals surface area (Å²) in [5.74, 6) is 0.742. The maximum Gasteiger partial charge on any atom is 0.247 e.